The molecule has 3 rings (SSSR count). The van der Waals surface area contributed by atoms with E-state index in [2.05, 4.69) is 17.6 Å². The van der Waals surface area contributed by atoms with Crippen molar-refractivity contribution in [3.63, 3.8) is 0 Å². The predicted molar refractivity (Wildman–Crippen MR) is 145 cm³/mol. The van der Waals surface area contributed by atoms with E-state index in [0.29, 0.717) is 26.1 Å². The van der Waals surface area contributed by atoms with Gasteiger partial charge in [-0.2, -0.15) is 13.2 Å². The lowest BCUT2D eigenvalue weighted by Crippen LogP contribution is -2.43. The molecule has 0 aromatic heterocycles. The zero-order valence-electron chi connectivity index (χ0n) is 22.8. The van der Waals surface area contributed by atoms with Crippen LogP contribution in [0.1, 0.15) is 42.0 Å². The number of anilines is 1. The molecular formula is C28H36F3N5O4. The molecule has 0 atom stereocenters. The van der Waals surface area contributed by atoms with Crippen LogP contribution in [0.25, 0.3) is 0 Å². The van der Waals surface area contributed by atoms with Crippen molar-refractivity contribution in [1.29, 1.82) is 0 Å². The third-order valence-electron chi connectivity index (χ3n) is 6.86. The van der Waals surface area contributed by atoms with Crippen LogP contribution in [0, 0.1) is 0 Å². The average Bonchev–Trinajstić information content (AvgIpc) is 2.93. The number of nitrogens with one attached hydrogen (secondary N) is 2. The van der Waals surface area contributed by atoms with E-state index >= 15 is 0 Å². The highest BCUT2D eigenvalue weighted by Gasteiger charge is 2.33. The number of likely N-dealkylation sites (N-methyl/N-ethyl adjacent to an activating group) is 1. The molecule has 0 spiro atoms. The SMILES string of the molecule is CCCCNC(=O)N1CCc2c(cccc2NCC(=O)N(CCN(C)C(=O)O)Cc2ccccc2C(F)(F)F)C1. The molecule has 3 N–H and O–H groups in total. The number of benzene rings is 2. The highest BCUT2D eigenvalue weighted by molar-refractivity contribution is 5.81. The number of carbonyl (C=O) groups excluding carboxylic acids is 2. The quantitative estimate of drug-likeness (QED) is 0.346. The van der Waals surface area contributed by atoms with Gasteiger partial charge in [-0.05, 0) is 41.7 Å². The van der Waals surface area contributed by atoms with Crippen LogP contribution < -0.4 is 10.6 Å². The predicted octanol–water partition coefficient (Wildman–Crippen LogP) is 4.62. The van der Waals surface area contributed by atoms with Crippen molar-refractivity contribution >= 4 is 23.7 Å². The fourth-order valence-corrected chi connectivity index (χ4v) is 4.51. The van der Waals surface area contributed by atoms with E-state index < -0.39 is 23.7 Å². The van der Waals surface area contributed by atoms with Crippen molar-refractivity contribution in [2.45, 2.75) is 45.5 Å². The van der Waals surface area contributed by atoms with Gasteiger partial charge in [-0.15, -0.1) is 0 Å². The molecule has 1 aliphatic heterocycles. The van der Waals surface area contributed by atoms with Crippen LogP contribution in [0.5, 0.6) is 0 Å². The molecule has 218 valence electrons. The second kappa shape index (κ2) is 13.9. The van der Waals surface area contributed by atoms with Gasteiger partial charge < -0.3 is 30.4 Å². The van der Waals surface area contributed by atoms with Gasteiger partial charge in [0, 0.05) is 52.0 Å². The van der Waals surface area contributed by atoms with E-state index in [1.165, 1.54) is 30.1 Å². The molecule has 0 saturated heterocycles. The van der Waals surface area contributed by atoms with Crippen molar-refractivity contribution in [3.8, 4) is 0 Å². The Bertz CT molecular complexity index is 1190. The van der Waals surface area contributed by atoms with Crippen LogP contribution in [0.2, 0.25) is 0 Å². The zero-order valence-corrected chi connectivity index (χ0v) is 22.8. The monoisotopic (exact) mass is 563 g/mol. The van der Waals surface area contributed by atoms with Gasteiger partial charge in [0.1, 0.15) is 0 Å². The van der Waals surface area contributed by atoms with E-state index in [0.717, 1.165) is 40.6 Å². The first-order chi connectivity index (χ1) is 19.0. The molecule has 0 unspecified atom stereocenters. The van der Waals surface area contributed by atoms with Gasteiger partial charge in [-0.25, -0.2) is 9.59 Å². The van der Waals surface area contributed by atoms with Crippen LogP contribution in [0.4, 0.5) is 28.4 Å². The van der Waals surface area contributed by atoms with E-state index in [1.807, 2.05) is 18.2 Å². The number of unbranched alkanes of at least 4 members (excludes halogenated alkanes) is 1. The third kappa shape index (κ3) is 8.27. The molecule has 1 heterocycles. The fourth-order valence-electron chi connectivity index (χ4n) is 4.51. The molecule has 0 bridgehead atoms. The minimum atomic E-state index is -4.59. The summed E-state index contributed by atoms with van der Waals surface area (Å²) in [5, 5.41) is 15.2. The molecule has 2 aromatic carbocycles. The van der Waals surface area contributed by atoms with Gasteiger partial charge in [0.25, 0.3) is 0 Å². The number of fused-ring (bicyclic) bond motifs is 1. The highest BCUT2D eigenvalue weighted by Crippen LogP contribution is 2.32. The lowest BCUT2D eigenvalue weighted by atomic mass is 9.98. The number of halogens is 3. The van der Waals surface area contributed by atoms with Crippen molar-refractivity contribution in [1.82, 2.24) is 20.0 Å². The maximum Gasteiger partial charge on any atom is 0.416 e. The van der Waals surface area contributed by atoms with Crippen LogP contribution in [0.15, 0.2) is 42.5 Å². The van der Waals surface area contributed by atoms with E-state index in [1.54, 1.807) is 4.90 Å². The number of nitrogens with zero attached hydrogens (tertiary/aromatic N) is 3. The molecule has 0 radical (unpaired) electrons. The first-order valence-corrected chi connectivity index (χ1v) is 13.3. The van der Waals surface area contributed by atoms with Gasteiger partial charge in [0.2, 0.25) is 5.91 Å². The summed E-state index contributed by atoms with van der Waals surface area (Å²) >= 11 is 0. The summed E-state index contributed by atoms with van der Waals surface area (Å²) < 4.78 is 40.7. The minimum Gasteiger partial charge on any atom is -0.465 e. The average molecular weight is 564 g/mol. The van der Waals surface area contributed by atoms with Gasteiger partial charge in [-0.3, -0.25) is 4.79 Å². The Morgan fingerprint density at radius 3 is 2.52 bits per heavy atom. The first kappa shape index (κ1) is 30.6. The number of hydrogen-bond acceptors (Lipinski definition) is 4. The van der Waals surface area contributed by atoms with Crippen LogP contribution >= 0.6 is 0 Å². The third-order valence-corrected chi connectivity index (χ3v) is 6.86. The van der Waals surface area contributed by atoms with Crippen molar-refractivity contribution in [2.24, 2.45) is 0 Å². The number of alkyl halides is 3. The Kier molecular flexibility index (Phi) is 10.6. The summed E-state index contributed by atoms with van der Waals surface area (Å²) in [7, 11) is 1.33. The summed E-state index contributed by atoms with van der Waals surface area (Å²) in [6.45, 7) is 2.96. The van der Waals surface area contributed by atoms with Crippen LogP contribution in [-0.2, 0) is 30.5 Å². The Morgan fingerprint density at radius 2 is 1.82 bits per heavy atom. The second-order valence-electron chi connectivity index (χ2n) is 9.73. The lowest BCUT2D eigenvalue weighted by molar-refractivity contribution is -0.139. The molecule has 1 aliphatic rings. The van der Waals surface area contributed by atoms with Crippen LogP contribution in [-0.4, -0.2) is 77.6 Å². The standard InChI is InChI=1S/C28H36F3N5O4/c1-3-4-13-32-26(38)36-14-12-22-20(18-36)9-7-11-24(22)33-17-25(37)35(16-15-34(2)27(39)40)19-21-8-5-6-10-23(21)28(29,30)31/h5-11,33H,3-4,12-19H2,1-2H3,(H,32,38)(H,39,40). The van der Waals surface area contributed by atoms with Crippen LogP contribution in [0.3, 0.4) is 0 Å². The number of urea groups is 1. The summed E-state index contributed by atoms with van der Waals surface area (Å²) in [6, 6.07) is 10.5. The molecule has 0 aliphatic carbocycles. The molecule has 12 heteroatoms. The van der Waals surface area contributed by atoms with Crippen molar-refractivity contribution < 1.29 is 32.7 Å². The highest BCUT2D eigenvalue weighted by atomic mass is 19.4. The Morgan fingerprint density at radius 1 is 1.07 bits per heavy atom. The lowest BCUT2D eigenvalue weighted by Gasteiger charge is -2.31. The Hall–Kier alpha value is -3.96. The first-order valence-electron chi connectivity index (χ1n) is 13.3. The van der Waals surface area contributed by atoms with E-state index in [4.69, 9.17) is 0 Å². The van der Waals surface area contributed by atoms with Gasteiger partial charge in [-0.1, -0.05) is 43.7 Å². The number of carbonyl (C=O) groups is 3. The molecular weight excluding hydrogens is 527 g/mol. The molecule has 0 saturated carbocycles. The summed E-state index contributed by atoms with van der Waals surface area (Å²) in [5.74, 6) is -0.471. The number of amides is 4. The molecule has 9 nitrogen and oxygen atoms in total. The van der Waals surface area contributed by atoms with Gasteiger partial charge in [0.15, 0.2) is 0 Å². The van der Waals surface area contributed by atoms with Gasteiger partial charge in [0.05, 0.1) is 12.1 Å². The number of carboxylic acid groups (broad SMARTS) is 1. The fraction of sp³-hybridized carbons (Fsp3) is 0.464. The zero-order chi connectivity index (χ0) is 29.3. The minimum absolute atomic E-state index is 0.0633. The number of rotatable bonds is 11. The topological polar surface area (TPSA) is 105 Å². The Labute approximate surface area is 231 Å². The Balaban J connectivity index is 1.71. The maximum absolute atomic E-state index is 13.6. The largest absolute Gasteiger partial charge is 0.465 e. The van der Waals surface area contributed by atoms with E-state index in [9.17, 15) is 32.7 Å². The smallest absolute Gasteiger partial charge is 0.416 e. The van der Waals surface area contributed by atoms with Gasteiger partial charge >= 0.3 is 18.3 Å². The molecule has 4 amide bonds. The van der Waals surface area contributed by atoms with E-state index in [-0.39, 0.29) is 37.8 Å². The summed E-state index contributed by atoms with van der Waals surface area (Å²) in [4.78, 5) is 40.9. The normalized spacial score (nSPS) is 12.9. The maximum atomic E-state index is 13.6. The molecule has 2 aromatic rings. The molecule has 40 heavy (non-hydrogen) atoms. The summed E-state index contributed by atoms with van der Waals surface area (Å²) in [5.41, 5.74) is 1.74. The van der Waals surface area contributed by atoms with Crippen molar-refractivity contribution in [2.75, 3.05) is 45.1 Å². The summed E-state index contributed by atoms with van der Waals surface area (Å²) in [6.07, 6.45) is -3.32. The molecule has 0 fully saturated rings. The number of hydrogen-bond donors (Lipinski definition) is 3. The second-order valence-corrected chi connectivity index (χ2v) is 9.73. The van der Waals surface area contributed by atoms with Crippen molar-refractivity contribution in [3.05, 3.63) is 64.7 Å².